The molecule has 1 aliphatic heterocycles. The smallest absolute Gasteiger partial charge is 0.263 e. The molecule has 1 aromatic heterocycles. The van der Waals surface area contributed by atoms with Crippen molar-refractivity contribution in [1.29, 1.82) is 0 Å². The van der Waals surface area contributed by atoms with Gasteiger partial charge in [-0.3, -0.25) is 9.59 Å². The number of carbonyl (C=O) groups excluding carboxylic acids is 2. The van der Waals surface area contributed by atoms with Crippen LogP contribution in [0.2, 0.25) is 0 Å². The number of hydrogen-bond donors (Lipinski definition) is 3. The second-order valence-corrected chi connectivity index (χ2v) is 6.15. The standard InChI is InChI=1S/C14H22N4O2S/c1-2-17-13(20)11-10(15)9(12(16)19)14(21-11)18-7-5-3-4-6-8-18/h2-8,15H2,1H3,(H2,16,19)(H,17,20). The third-order valence-corrected chi connectivity index (χ3v) is 4.87. The lowest BCUT2D eigenvalue weighted by Crippen LogP contribution is -2.26. The van der Waals surface area contributed by atoms with Crippen molar-refractivity contribution in [3.05, 3.63) is 10.4 Å². The number of nitrogens with one attached hydrogen (secondary N) is 1. The van der Waals surface area contributed by atoms with Gasteiger partial charge in [-0.2, -0.15) is 0 Å². The number of carbonyl (C=O) groups is 2. The van der Waals surface area contributed by atoms with Crippen LogP contribution in [0.3, 0.4) is 0 Å². The largest absolute Gasteiger partial charge is 0.397 e. The van der Waals surface area contributed by atoms with Crippen molar-refractivity contribution in [2.75, 3.05) is 30.3 Å². The molecule has 2 rings (SSSR count). The van der Waals surface area contributed by atoms with E-state index in [0.29, 0.717) is 17.0 Å². The fourth-order valence-corrected chi connectivity index (χ4v) is 3.77. The van der Waals surface area contributed by atoms with Gasteiger partial charge in [-0.15, -0.1) is 11.3 Å². The molecule has 21 heavy (non-hydrogen) atoms. The molecule has 2 heterocycles. The number of anilines is 2. The van der Waals surface area contributed by atoms with Crippen molar-refractivity contribution in [2.24, 2.45) is 5.73 Å². The number of thiophene rings is 1. The average Bonchev–Trinajstić information content (AvgIpc) is 2.63. The highest BCUT2D eigenvalue weighted by Gasteiger charge is 2.27. The summed E-state index contributed by atoms with van der Waals surface area (Å²) in [5.74, 6) is -0.817. The van der Waals surface area contributed by atoms with E-state index in [4.69, 9.17) is 11.5 Å². The third kappa shape index (κ3) is 3.29. The number of nitrogen functional groups attached to an aromatic ring is 1. The summed E-state index contributed by atoms with van der Waals surface area (Å²) in [4.78, 5) is 26.3. The highest BCUT2D eigenvalue weighted by molar-refractivity contribution is 7.19. The van der Waals surface area contributed by atoms with Crippen molar-refractivity contribution in [3.8, 4) is 0 Å². The van der Waals surface area contributed by atoms with Crippen LogP contribution >= 0.6 is 11.3 Å². The van der Waals surface area contributed by atoms with Gasteiger partial charge in [0.2, 0.25) is 0 Å². The molecule has 0 radical (unpaired) electrons. The highest BCUT2D eigenvalue weighted by atomic mass is 32.1. The van der Waals surface area contributed by atoms with E-state index < -0.39 is 5.91 Å². The molecule has 0 spiro atoms. The van der Waals surface area contributed by atoms with Crippen LogP contribution in [0.25, 0.3) is 0 Å². The topological polar surface area (TPSA) is 101 Å². The summed E-state index contributed by atoms with van der Waals surface area (Å²) in [6.45, 7) is 4.09. The predicted octanol–water partition coefficient (Wildman–Crippen LogP) is 1.56. The van der Waals surface area contributed by atoms with E-state index in [0.717, 1.165) is 30.9 Å². The fraction of sp³-hybridized carbons (Fsp3) is 0.571. The van der Waals surface area contributed by atoms with Crippen molar-refractivity contribution < 1.29 is 9.59 Å². The molecule has 0 unspecified atom stereocenters. The zero-order valence-corrected chi connectivity index (χ0v) is 13.1. The van der Waals surface area contributed by atoms with E-state index in [-0.39, 0.29) is 11.6 Å². The maximum absolute atomic E-state index is 12.1. The van der Waals surface area contributed by atoms with Crippen molar-refractivity contribution >= 4 is 33.8 Å². The normalized spacial score (nSPS) is 15.6. The summed E-state index contributed by atoms with van der Waals surface area (Å²) in [7, 11) is 0. The van der Waals surface area contributed by atoms with Crippen LogP contribution < -0.4 is 21.7 Å². The molecule has 1 aliphatic rings. The van der Waals surface area contributed by atoms with Crippen LogP contribution in [-0.4, -0.2) is 31.4 Å². The lowest BCUT2D eigenvalue weighted by Gasteiger charge is -2.21. The van der Waals surface area contributed by atoms with Crippen LogP contribution in [-0.2, 0) is 0 Å². The number of primary amides is 1. The monoisotopic (exact) mass is 310 g/mol. The maximum Gasteiger partial charge on any atom is 0.263 e. The Labute approximate surface area is 128 Å². The zero-order valence-electron chi connectivity index (χ0n) is 12.3. The van der Waals surface area contributed by atoms with Gasteiger partial charge in [-0.1, -0.05) is 12.8 Å². The summed E-state index contributed by atoms with van der Waals surface area (Å²) in [6.07, 6.45) is 4.53. The molecule has 1 aromatic rings. The minimum atomic E-state index is -0.571. The van der Waals surface area contributed by atoms with Crippen molar-refractivity contribution in [3.63, 3.8) is 0 Å². The summed E-state index contributed by atoms with van der Waals surface area (Å²) >= 11 is 1.27. The second-order valence-electron chi connectivity index (χ2n) is 5.15. The lowest BCUT2D eigenvalue weighted by molar-refractivity contribution is 0.0960. The maximum atomic E-state index is 12.1. The van der Waals surface area contributed by atoms with E-state index in [2.05, 4.69) is 10.2 Å². The van der Waals surface area contributed by atoms with Gasteiger partial charge in [0.05, 0.1) is 11.3 Å². The molecule has 6 nitrogen and oxygen atoms in total. The summed E-state index contributed by atoms with van der Waals surface area (Å²) in [5, 5.41) is 3.46. The first-order chi connectivity index (χ1) is 10.1. The summed E-state index contributed by atoms with van der Waals surface area (Å²) in [6, 6.07) is 0. The number of amides is 2. The molecule has 0 aliphatic carbocycles. The molecule has 0 bridgehead atoms. The Morgan fingerprint density at radius 2 is 1.86 bits per heavy atom. The molecule has 2 amide bonds. The zero-order chi connectivity index (χ0) is 15.4. The molecule has 0 atom stereocenters. The van der Waals surface area contributed by atoms with Crippen LogP contribution in [0.15, 0.2) is 0 Å². The Hall–Kier alpha value is -1.76. The molecular weight excluding hydrogens is 288 g/mol. The quantitative estimate of drug-likeness (QED) is 0.785. The number of nitrogens with zero attached hydrogens (tertiary/aromatic N) is 1. The SMILES string of the molecule is CCNC(=O)c1sc(N2CCCCCC2)c(C(N)=O)c1N. The fourth-order valence-electron chi connectivity index (χ4n) is 2.58. The average molecular weight is 310 g/mol. The first kappa shape index (κ1) is 15.6. The second kappa shape index (κ2) is 6.80. The van der Waals surface area contributed by atoms with E-state index in [9.17, 15) is 9.59 Å². The van der Waals surface area contributed by atoms with Gasteiger partial charge in [0, 0.05) is 19.6 Å². The van der Waals surface area contributed by atoms with Gasteiger partial charge in [0.1, 0.15) is 9.88 Å². The highest BCUT2D eigenvalue weighted by Crippen LogP contribution is 2.38. The first-order valence-electron chi connectivity index (χ1n) is 7.31. The number of hydrogen-bond acceptors (Lipinski definition) is 5. The summed E-state index contributed by atoms with van der Waals surface area (Å²) in [5.41, 5.74) is 12.0. The Bertz CT molecular complexity index is 533. The van der Waals surface area contributed by atoms with E-state index in [1.807, 2.05) is 6.92 Å². The van der Waals surface area contributed by atoms with E-state index in [1.54, 1.807) is 0 Å². The molecule has 1 saturated heterocycles. The van der Waals surface area contributed by atoms with Crippen molar-refractivity contribution in [1.82, 2.24) is 5.32 Å². The van der Waals surface area contributed by atoms with Crippen LogP contribution in [0.5, 0.6) is 0 Å². The Kier molecular flexibility index (Phi) is 5.06. The predicted molar refractivity (Wildman–Crippen MR) is 85.9 cm³/mol. The molecule has 1 fully saturated rings. The molecular formula is C14H22N4O2S. The first-order valence-corrected chi connectivity index (χ1v) is 8.13. The minimum absolute atomic E-state index is 0.206. The molecule has 7 heteroatoms. The van der Waals surface area contributed by atoms with Gasteiger partial charge < -0.3 is 21.7 Å². The Balaban J connectivity index is 2.41. The van der Waals surface area contributed by atoms with Gasteiger partial charge in [0.25, 0.3) is 11.8 Å². The van der Waals surface area contributed by atoms with Gasteiger partial charge >= 0.3 is 0 Å². The summed E-state index contributed by atoms with van der Waals surface area (Å²) < 4.78 is 0. The number of nitrogens with two attached hydrogens (primary N) is 2. The van der Waals surface area contributed by atoms with Gasteiger partial charge in [-0.05, 0) is 19.8 Å². The molecule has 0 aromatic carbocycles. The van der Waals surface area contributed by atoms with Crippen molar-refractivity contribution in [2.45, 2.75) is 32.6 Å². The van der Waals surface area contributed by atoms with E-state index >= 15 is 0 Å². The number of rotatable bonds is 4. The third-order valence-electron chi connectivity index (χ3n) is 3.61. The van der Waals surface area contributed by atoms with Crippen LogP contribution in [0, 0.1) is 0 Å². The Morgan fingerprint density at radius 1 is 1.24 bits per heavy atom. The van der Waals surface area contributed by atoms with Crippen LogP contribution in [0.1, 0.15) is 52.6 Å². The van der Waals surface area contributed by atoms with Gasteiger partial charge in [-0.25, -0.2) is 0 Å². The lowest BCUT2D eigenvalue weighted by atomic mass is 10.2. The minimum Gasteiger partial charge on any atom is -0.397 e. The van der Waals surface area contributed by atoms with Crippen LogP contribution in [0.4, 0.5) is 10.7 Å². The molecule has 5 N–H and O–H groups in total. The molecule has 116 valence electrons. The molecule has 0 saturated carbocycles. The Morgan fingerprint density at radius 3 is 2.38 bits per heavy atom. The van der Waals surface area contributed by atoms with E-state index in [1.165, 1.54) is 24.2 Å². The van der Waals surface area contributed by atoms with Gasteiger partial charge in [0.15, 0.2) is 0 Å².